The van der Waals surface area contributed by atoms with Crippen LogP contribution in [0.2, 0.25) is 5.02 Å². The zero-order valence-corrected chi connectivity index (χ0v) is 17.3. The number of aromatic hydroxyl groups is 1. The maximum Gasteiger partial charge on any atom is 0.295 e. The molecule has 1 saturated heterocycles. The van der Waals surface area contributed by atoms with E-state index in [-0.39, 0.29) is 17.1 Å². The number of rotatable bonds is 5. The lowest BCUT2D eigenvalue weighted by molar-refractivity contribution is -0.139. The van der Waals surface area contributed by atoms with Gasteiger partial charge in [0.15, 0.2) is 0 Å². The predicted molar refractivity (Wildman–Crippen MR) is 119 cm³/mol. The second kappa shape index (κ2) is 8.66. The molecule has 0 spiro atoms. The van der Waals surface area contributed by atoms with Gasteiger partial charge in [0, 0.05) is 17.1 Å². The third-order valence-corrected chi connectivity index (χ3v) is 5.60. The quantitative estimate of drug-likeness (QED) is 0.347. The summed E-state index contributed by atoms with van der Waals surface area (Å²) in [6.07, 6.45) is 0.559. The Morgan fingerprint density at radius 1 is 0.903 bits per heavy atom. The number of amides is 1. The molecule has 1 atom stereocenters. The molecule has 0 saturated carbocycles. The van der Waals surface area contributed by atoms with Gasteiger partial charge in [-0.05, 0) is 53.9 Å². The van der Waals surface area contributed by atoms with Crippen molar-refractivity contribution in [3.63, 3.8) is 0 Å². The number of Topliss-reactive ketones (excluding diaryl/α,β-unsaturated/α-hetero) is 1. The fraction of sp³-hybridized carbons (Fsp3) is 0.120. The molecule has 1 aliphatic rings. The SMILES string of the molecule is O=C1C(=O)N(CCc2ccccc2)C(c2ccc(O)cc2)/C1=C(\O)c1ccc(Cl)cc1. The van der Waals surface area contributed by atoms with Gasteiger partial charge in [-0.2, -0.15) is 0 Å². The molecule has 5 nitrogen and oxygen atoms in total. The van der Waals surface area contributed by atoms with E-state index in [1.54, 1.807) is 36.4 Å². The van der Waals surface area contributed by atoms with Crippen molar-refractivity contribution in [1.82, 2.24) is 4.90 Å². The van der Waals surface area contributed by atoms with Gasteiger partial charge < -0.3 is 15.1 Å². The number of nitrogens with zero attached hydrogens (tertiary/aromatic N) is 1. The number of phenols is 1. The maximum atomic E-state index is 13.0. The van der Waals surface area contributed by atoms with Crippen LogP contribution in [0.25, 0.3) is 5.76 Å². The Kier molecular flexibility index (Phi) is 5.78. The van der Waals surface area contributed by atoms with Crippen LogP contribution in [0.15, 0.2) is 84.4 Å². The standard InChI is InChI=1S/C25H20ClNO4/c26-19-10-6-18(7-11-19)23(29)21-22(17-8-12-20(28)13-9-17)27(25(31)24(21)30)15-14-16-4-2-1-3-5-16/h1-13,22,28-29H,14-15H2/b23-21+. The van der Waals surface area contributed by atoms with Gasteiger partial charge >= 0.3 is 0 Å². The van der Waals surface area contributed by atoms with Crippen LogP contribution in [0.5, 0.6) is 5.75 Å². The molecule has 1 unspecified atom stereocenters. The van der Waals surface area contributed by atoms with Crippen molar-refractivity contribution in [3.8, 4) is 5.75 Å². The lowest BCUT2D eigenvalue weighted by Crippen LogP contribution is -2.31. The summed E-state index contributed by atoms with van der Waals surface area (Å²) >= 11 is 5.94. The molecule has 4 rings (SSSR count). The van der Waals surface area contributed by atoms with Crippen molar-refractivity contribution in [3.05, 3.63) is 106 Å². The smallest absolute Gasteiger partial charge is 0.295 e. The number of aliphatic hydroxyl groups is 1. The molecule has 156 valence electrons. The Labute approximate surface area is 184 Å². The molecule has 0 bridgehead atoms. The van der Waals surface area contributed by atoms with Crippen LogP contribution >= 0.6 is 11.6 Å². The highest BCUT2D eigenvalue weighted by Gasteiger charge is 2.45. The number of ketones is 1. The molecule has 6 heteroatoms. The molecular weight excluding hydrogens is 414 g/mol. The average molecular weight is 434 g/mol. The van der Waals surface area contributed by atoms with Crippen molar-refractivity contribution in [1.29, 1.82) is 0 Å². The summed E-state index contributed by atoms with van der Waals surface area (Å²) in [5.41, 5.74) is 2.08. The first-order chi connectivity index (χ1) is 15.0. The Bertz CT molecular complexity index is 1140. The molecule has 1 fully saturated rings. The van der Waals surface area contributed by atoms with Gasteiger partial charge in [0.05, 0.1) is 11.6 Å². The van der Waals surface area contributed by atoms with E-state index in [1.807, 2.05) is 30.3 Å². The molecule has 2 N–H and O–H groups in total. The molecular formula is C25H20ClNO4. The van der Waals surface area contributed by atoms with Crippen LogP contribution < -0.4 is 0 Å². The Morgan fingerprint density at radius 3 is 2.19 bits per heavy atom. The van der Waals surface area contributed by atoms with Crippen LogP contribution in [0.3, 0.4) is 0 Å². The first-order valence-electron chi connectivity index (χ1n) is 9.83. The van der Waals surface area contributed by atoms with Crippen LogP contribution in [0, 0.1) is 0 Å². The van der Waals surface area contributed by atoms with Crippen LogP contribution in [0.1, 0.15) is 22.7 Å². The highest BCUT2D eigenvalue weighted by atomic mass is 35.5. The van der Waals surface area contributed by atoms with E-state index in [9.17, 15) is 19.8 Å². The molecule has 3 aromatic carbocycles. The third kappa shape index (κ3) is 4.18. The number of halogens is 1. The highest BCUT2D eigenvalue weighted by molar-refractivity contribution is 6.46. The van der Waals surface area contributed by atoms with E-state index in [2.05, 4.69) is 0 Å². The number of hydrogen-bond acceptors (Lipinski definition) is 4. The van der Waals surface area contributed by atoms with Gasteiger partial charge in [0.2, 0.25) is 0 Å². The fourth-order valence-electron chi connectivity index (χ4n) is 3.77. The van der Waals surface area contributed by atoms with E-state index in [0.717, 1.165) is 5.56 Å². The second-order valence-corrected chi connectivity index (χ2v) is 7.76. The fourth-order valence-corrected chi connectivity index (χ4v) is 3.90. The first-order valence-corrected chi connectivity index (χ1v) is 10.2. The summed E-state index contributed by atoms with van der Waals surface area (Å²) in [5, 5.41) is 21.2. The minimum absolute atomic E-state index is 0.0195. The molecule has 0 radical (unpaired) electrons. The zero-order chi connectivity index (χ0) is 22.0. The van der Waals surface area contributed by atoms with Gasteiger partial charge in [0.25, 0.3) is 11.7 Å². The largest absolute Gasteiger partial charge is 0.508 e. The number of benzene rings is 3. The summed E-state index contributed by atoms with van der Waals surface area (Å²) in [5.74, 6) is -1.58. The Hall–Kier alpha value is -3.57. The van der Waals surface area contributed by atoms with Gasteiger partial charge in [-0.1, -0.05) is 54.1 Å². The lowest BCUT2D eigenvalue weighted by Gasteiger charge is -2.25. The van der Waals surface area contributed by atoms with Crippen LogP contribution in [0.4, 0.5) is 0 Å². The van der Waals surface area contributed by atoms with Crippen molar-refractivity contribution >= 4 is 29.1 Å². The summed E-state index contributed by atoms with van der Waals surface area (Å²) in [7, 11) is 0. The minimum atomic E-state index is -0.764. The summed E-state index contributed by atoms with van der Waals surface area (Å²) in [4.78, 5) is 27.4. The van der Waals surface area contributed by atoms with Crippen molar-refractivity contribution < 1.29 is 19.8 Å². The zero-order valence-electron chi connectivity index (χ0n) is 16.5. The van der Waals surface area contributed by atoms with Gasteiger partial charge in [-0.25, -0.2) is 0 Å². The van der Waals surface area contributed by atoms with Gasteiger partial charge in [-0.15, -0.1) is 0 Å². The Morgan fingerprint density at radius 2 is 1.55 bits per heavy atom. The van der Waals surface area contributed by atoms with E-state index >= 15 is 0 Å². The molecule has 0 aromatic heterocycles. The van der Waals surface area contributed by atoms with Crippen molar-refractivity contribution in [2.45, 2.75) is 12.5 Å². The number of likely N-dealkylation sites (tertiary alicyclic amines) is 1. The number of carbonyl (C=O) groups excluding carboxylic acids is 2. The normalized spacial score (nSPS) is 17.8. The highest BCUT2D eigenvalue weighted by Crippen LogP contribution is 2.39. The molecule has 1 heterocycles. The van der Waals surface area contributed by atoms with E-state index in [0.29, 0.717) is 29.1 Å². The van der Waals surface area contributed by atoms with E-state index in [1.165, 1.54) is 17.0 Å². The maximum absolute atomic E-state index is 13.0. The number of aliphatic hydroxyl groups excluding tert-OH is 1. The second-order valence-electron chi connectivity index (χ2n) is 7.33. The lowest BCUT2D eigenvalue weighted by atomic mass is 9.95. The van der Waals surface area contributed by atoms with E-state index < -0.39 is 17.7 Å². The van der Waals surface area contributed by atoms with Crippen molar-refractivity contribution in [2.24, 2.45) is 0 Å². The number of hydrogen-bond donors (Lipinski definition) is 2. The number of phenolic OH excluding ortho intramolecular Hbond substituents is 1. The molecule has 3 aromatic rings. The monoisotopic (exact) mass is 433 g/mol. The van der Waals surface area contributed by atoms with Crippen LogP contribution in [-0.2, 0) is 16.0 Å². The first kappa shape index (κ1) is 20.7. The Balaban J connectivity index is 1.78. The summed E-state index contributed by atoms with van der Waals surface area (Å²) in [6, 6.07) is 21.6. The molecule has 0 aliphatic carbocycles. The number of carbonyl (C=O) groups is 2. The van der Waals surface area contributed by atoms with Crippen LogP contribution in [-0.4, -0.2) is 33.3 Å². The van der Waals surface area contributed by atoms with E-state index in [4.69, 9.17) is 11.6 Å². The predicted octanol–water partition coefficient (Wildman–Crippen LogP) is 4.71. The molecule has 31 heavy (non-hydrogen) atoms. The van der Waals surface area contributed by atoms with Gasteiger partial charge in [-0.3, -0.25) is 9.59 Å². The summed E-state index contributed by atoms with van der Waals surface area (Å²) in [6.45, 7) is 0.303. The topological polar surface area (TPSA) is 77.8 Å². The molecule has 1 aliphatic heterocycles. The minimum Gasteiger partial charge on any atom is -0.508 e. The third-order valence-electron chi connectivity index (χ3n) is 5.35. The van der Waals surface area contributed by atoms with Crippen molar-refractivity contribution in [2.75, 3.05) is 6.54 Å². The average Bonchev–Trinajstić information content (AvgIpc) is 3.04. The summed E-state index contributed by atoms with van der Waals surface area (Å²) < 4.78 is 0. The van der Waals surface area contributed by atoms with Gasteiger partial charge in [0.1, 0.15) is 11.5 Å². The molecule has 1 amide bonds.